The fourth-order valence-corrected chi connectivity index (χ4v) is 4.42. The van der Waals surface area contributed by atoms with Gasteiger partial charge in [-0.2, -0.15) is 0 Å². The van der Waals surface area contributed by atoms with E-state index in [0.717, 1.165) is 75.3 Å². The molecule has 0 radical (unpaired) electrons. The van der Waals surface area contributed by atoms with E-state index in [1.165, 1.54) is 51.4 Å². The zero-order valence-electron chi connectivity index (χ0n) is 22.1. The average molecular weight is 479 g/mol. The Morgan fingerprint density at radius 1 is 0.735 bits per heavy atom. The molecule has 0 aliphatic rings. The lowest BCUT2D eigenvalue weighted by atomic mass is 9.94. The molecular formula is C29H50O5. The van der Waals surface area contributed by atoms with Crippen LogP contribution in [0.2, 0.25) is 0 Å². The Hall–Kier alpha value is -1.91. The van der Waals surface area contributed by atoms with Gasteiger partial charge in [-0.05, 0) is 43.7 Å². The van der Waals surface area contributed by atoms with Crippen LogP contribution in [0.3, 0.4) is 0 Å². The summed E-state index contributed by atoms with van der Waals surface area (Å²) in [6.45, 7) is 7.14. The highest BCUT2D eigenvalue weighted by Gasteiger charge is 2.21. The molecule has 0 amide bonds. The van der Waals surface area contributed by atoms with Crippen LogP contribution in [-0.2, 0) is 12.8 Å². The van der Waals surface area contributed by atoms with Crippen molar-refractivity contribution in [3.63, 3.8) is 0 Å². The number of phenols is 1. The first-order valence-corrected chi connectivity index (χ1v) is 14.0. The van der Waals surface area contributed by atoms with Crippen molar-refractivity contribution in [1.29, 1.82) is 0 Å². The summed E-state index contributed by atoms with van der Waals surface area (Å²) in [6.07, 6.45) is 18.9. The Balaban J connectivity index is 3.03. The molecule has 0 atom stereocenters. The van der Waals surface area contributed by atoms with Crippen LogP contribution in [0.25, 0.3) is 0 Å². The van der Waals surface area contributed by atoms with E-state index in [9.17, 15) is 15.0 Å². The number of aromatic hydroxyl groups is 1. The summed E-state index contributed by atoms with van der Waals surface area (Å²) in [5.41, 5.74) is 2.09. The first-order valence-electron chi connectivity index (χ1n) is 14.0. The van der Waals surface area contributed by atoms with Crippen LogP contribution in [0.15, 0.2) is 6.07 Å². The number of rotatable bonds is 21. The van der Waals surface area contributed by atoms with Crippen molar-refractivity contribution in [1.82, 2.24) is 0 Å². The van der Waals surface area contributed by atoms with Crippen molar-refractivity contribution in [2.24, 2.45) is 0 Å². The molecule has 0 bridgehead atoms. The molecule has 2 N–H and O–H groups in total. The number of unbranched alkanes of at least 4 members (excludes halogenated alkanes) is 13. The van der Waals surface area contributed by atoms with Crippen molar-refractivity contribution in [3.05, 3.63) is 17.2 Å². The molecule has 0 aromatic heterocycles. The normalized spacial score (nSPS) is 11.0. The van der Waals surface area contributed by atoms with E-state index in [1.54, 1.807) is 6.07 Å². The maximum Gasteiger partial charge on any atom is 0.511 e. The molecular weight excluding hydrogens is 428 g/mol. The number of hydrogen-bond acceptors (Lipinski definition) is 4. The van der Waals surface area contributed by atoms with Gasteiger partial charge in [0.25, 0.3) is 0 Å². The maximum atomic E-state index is 11.2. The van der Waals surface area contributed by atoms with Crippen molar-refractivity contribution in [3.8, 4) is 17.2 Å². The summed E-state index contributed by atoms with van der Waals surface area (Å²) < 4.78 is 11.1. The molecule has 5 nitrogen and oxygen atoms in total. The SMILES string of the molecule is CCCCCCCCc1cc(OC(=O)O)c(O)c(OCCCCCC)c1CCCCCCCC. The topological polar surface area (TPSA) is 76.0 Å². The zero-order chi connectivity index (χ0) is 25.0. The third kappa shape index (κ3) is 12.5. The van der Waals surface area contributed by atoms with Gasteiger partial charge in [-0.15, -0.1) is 0 Å². The van der Waals surface area contributed by atoms with Gasteiger partial charge in [0.1, 0.15) is 0 Å². The van der Waals surface area contributed by atoms with E-state index in [-0.39, 0.29) is 11.5 Å². The lowest BCUT2D eigenvalue weighted by Crippen LogP contribution is -2.08. The van der Waals surface area contributed by atoms with Crippen LogP contribution in [0.4, 0.5) is 4.79 Å². The van der Waals surface area contributed by atoms with Crippen LogP contribution in [0.5, 0.6) is 17.2 Å². The highest BCUT2D eigenvalue weighted by atomic mass is 16.7. The third-order valence-electron chi connectivity index (χ3n) is 6.44. The van der Waals surface area contributed by atoms with Gasteiger partial charge in [0, 0.05) is 5.56 Å². The number of benzene rings is 1. The molecule has 0 aliphatic heterocycles. The van der Waals surface area contributed by atoms with Gasteiger partial charge in [-0.3, -0.25) is 0 Å². The molecule has 1 aromatic rings. The van der Waals surface area contributed by atoms with Crippen molar-refractivity contribution in [2.75, 3.05) is 6.61 Å². The smallest absolute Gasteiger partial charge is 0.502 e. The summed E-state index contributed by atoms with van der Waals surface area (Å²) in [4.78, 5) is 11.2. The van der Waals surface area contributed by atoms with E-state index in [1.807, 2.05) is 0 Å². The summed E-state index contributed by atoms with van der Waals surface area (Å²) in [7, 11) is 0. The third-order valence-corrected chi connectivity index (χ3v) is 6.44. The lowest BCUT2D eigenvalue weighted by Gasteiger charge is -2.19. The number of hydrogen-bond donors (Lipinski definition) is 2. The zero-order valence-corrected chi connectivity index (χ0v) is 22.1. The highest BCUT2D eigenvalue weighted by Crippen LogP contribution is 2.43. The summed E-state index contributed by atoms with van der Waals surface area (Å²) in [5.74, 6) is 0.249. The van der Waals surface area contributed by atoms with Gasteiger partial charge in [-0.25, -0.2) is 4.79 Å². The van der Waals surface area contributed by atoms with Gasteiger partial charge in [0.15, 0.2) is 11.5 Å². The molecule has 1 aromatic carbocycles. The highest BCUT2D eigenvalue weighted by molar-refractivity contribution is 5.67. The minimum Gasteiger partial charge on any atom is -0.502 e. The molecule has 0 spiro atoms. The number of ether oxygens (including phenoxy) is 2. The number of carbonyl (C=O) groups is 1. The van der Waals surface area contributed by atoms with Gasteiger partial charge in [-0.1, -0.05) is 104 Å². The molecule has 196 valence electrons. The quantitative estimate of drug-likeness (QED) is 0.105. The monoisotopic (exact) mass is 478 g/mol. The molecule has 0 aliphatic carbocycles. The standard InChI is InChI=1S/C29H50O5/c1-4-7-10-13-15-17-20-24-23-26(34-29(31)32)27(30)28(33-22-19-12-9-6-3)25(24)21-18-16-14-11-8-5-2/h23,30H,4-22H2,1-3H3,(H,31,32). The van der Waals surface area contributed by atoms with E-state index >= 15 is 0 Å². The van der Waals surface area contributed by atoms with E-state index < -0.39 is 6.16 Å². The Morgan fingerprint density at radius 2 is 1.24 bits per heavy atom. The fourth-order valence-electron chi connectivity index (χ4n) is 4.42. The number of aryl methyl sites for hydroxylation is 1. The number of phenolic OH excluding ortho intramolecular Hbond substituents is 1. The Morgan fingerprint density at radius 3 is 1.79 bits per heavy atom. The van der Waals surface area contributed by atoms with Gasteiger partial charge >= 0.3 is 6.16 Å². The summed E-state index contributed by atoms with van der Waals surface area (Å²) in [5, 5.41) is 20.1. The summed E-state index contributed by atoms with van der Waals surface area (Å²) in [6, 6.07) is 1.73. The van der Waals surface area contributed by atoms with Crippen molar-refractivity contribution < 1.29 is 24.5 Å². The fraction of sp³-hybridized carbons (Fsp3) is 0.759. The second-order valence-electron chi connectivity index (χ2n) is 9.50. The Bertz CT molecular complexity index is 671. The molecule has 0 heterocycles. The molecule has 0 saturated heterocycles. The Kier molecular flexibility index (Phi) is 17.2. The molecule has 1 rings (SSSR count). The Labute approximate surface area is 208 Å². The molecule has 0 unspecified atom stereocenters. The van der Waals surface area contributed by atoms with Crippen LogP contribution in [0, 0.1) is 0 Å². The molecule has 0 fully saturated rings. The second kappa shape index (κ2) is 19.4. The van der Waals surface area contributed by atoms with Crippen molar-refractivity contribution >= 4 is 6.16 Å². The predicted molar refractivity (Wildman–Crippen MR) is 141 cm³/mol. The first kappa shape index (κ1) is 30.1. The van der Waals surface area contributed by atoms with Crippen LogP contribution in [0.1, 0.15) is 135 Å². The average Bonchev–Trinajstić information content (AvgIpc) is 2.81. The lowest BCUT2D eigenvalue weighted by molar-refractivity contribution is 0.142. The maximum absolute atomic E-state index is 11.2. The van der Waals surface area contributed by atoms with Crippen LogP contribution >= 0.6 is 0 Å². The predicted octanol–water partition coefficient (Wildman–Crippen LogP) is 9.21. The van der Waals surface area contributed by atoms with Gasteiger partial charge in [0.2, 0.25) is 5.75 Å². The first-order chi connectivity index (χ1) is 16.5. The number of carboxylic acid groups (broad SMARTS) is 1. The van der Waals surface area contributed by atoms with Gasteiger partial charge in [0.05, 0.1) is 6.61 Å². The molecule has 5 heteroatoms. The second-order valence-corrected chi connectivity index (χ2v) is 9.50. The summed E-state index contributed by atoms with van der Waals surface area (Å²) >= 11 is 0. The largest absolute Gasteiger partial charge is 0.511 e. The van der Waals surface area contributed by atoms with E-state index in [0.29, 0.717) is 12.4 Å². The molecule has 0 saturated carbocycles. The van der Waals surface area contributed by atoms with Crippen LogP contribution in [-0.4, -0.2) is 23.0 Å². The van der Waals surface area contributed by atoms with Crippen molar-refractivity contribution in [2.45, 2.75) is 136 Å². The van der Waals surface area contributed by atoms with E-state index in [4.69, 9.17) is 9.47 Å². The van der Waals surface area contributed by atoms with E-state index in [2.05, 4.69) is 20.8 Å². The van der Waals surface area contributed by atoms with Gasteiger partial charge < -0.3 is 19.7 Å². The van der Waals surface area contributed by atoms with Crippen LogP contribution < -0.4 is 9.47 Å². The minimum atomic E-state index is -1.42. The molecule has 34 heavy (non-hydrogen) atoms. The minimum absolute atomic E-state index is 0.0104.